The molecule has 3 rings (SSSR count). The van der Waals surface area contributed by atoms with E-state index >= 15 is 0 Å². The van der Waals surface area contributed by atoms with Gasteiger partial charge in [-0.15, -0.1) is 0 Å². The smallest absolute Gasteiger partial charge is 0.356 e. The molecule has 2 aromatic carbocycles. The number of methoxy groups -OCH3 is 5. The van der Waals surface area contributed by atoms with Crippen molar-refractivity contribution in [1.82, 2.24) is 4.98 Å². The van der Waals surface area contributed by atoms with Gasteiger partial charge in [0.2, 0.25) is 0 Å². The Morgan fingerprint density at radius 1 is 0.793 bits per heavy atom. The molecule has 0 saturated heterocycles. The molecule has 7 heteroatoms. The maximum atomic E-state index is 12.1. The minimum atomic E-state index is -0.504. The van der Waals surface area contributed by atoms with Crippen LogP contribution in [0.1, 0.15) is 21.7 Å². The number of hydrogen-bond acceptors (Lipinski definition) is 7. The molecular formula is C22H23NO6. The van der Waals surface area contributed by atoms with Gasteiger partial charge in [0.05, 0.1) is 41.2 Å². The lowest BCUT2D eigenvalue weighted by molar-refractivity contribution is 0.0594. The molecule has 152 valence electrons. The summed E-state index contributed by atoms with van der Waals surface area (Å²) in [6.45, 7) is 0. The normalized spacial score (nSPS) is 10.5. The zero-order valence-electron chi connectivity index (χ0n) is 17.1. The van der Waals surface area contributed by atoms with Gasteiger partial charge in [0.1, 0.15) is 5.69 Å². The first-order chi connectivity index (χ1) is 14.0. The predicted molar refractivity (Wildman–Crippen MR) is 109 cm³/mol. The van der Waals surface area contributed by atoms with Crippen molar-refractivity contribution in [3.63, 3.8) is 0 Å². The maximum Gasteiger partial charge on any atom is 0.356 e. The second kappa shape index (κ2) is 8.68. The highest BCUT2D eigenvalue weighted by Gasteiger charge is 2.17. The van der Waals surface area contributed by atoms with Crippen LogP contribution in [0.2, 0.25) is 0 Å². The van der Waals surface area contributed by atoms with Gasteiger partial charge in [-0.05, 0) is 41.3 Å². The lowest BCUT2D eigenvalue weighted by atomic mass is 10.0. The number of rotatable bonds is 7. The number of nitrogens with zero attached hydrogens (tertiary/aromatic N) is 1. The monoisotopic (exact) mass is 397 g/mol. The summed E-state index contributed by atoms with van der Waals surface area (Å²) in [4.78, 5) is 16.7. The van der Waals surface area contributed by atoms with Gasteiger partial charge in [-0.25, -0.2) is 9.78 Å². The maximum absolute atomic E-state index is 12.1. The van der Waals surface area contributed by atoms with E-state index in [-0.39, 0.29) is 5.69 Å². The molecule has 0 fully saturated rings. The Morgan fingerprint density at radius 3 is 2.03 bits per heavy atom. The first-order valence-corrected chi connectivity index (χ1v) is 8.89. The zero-order valence-corrected chi connectivity index (χ0v) is 17.1. The molecule has 0 unspecified atom stereocenters. The highest BCUT2D eigenvalue weighted by molar-refractivity contribution is 5.95. The Kier molecular flexibility index (Phi) is 6.07. The second-order valence-corrected chi connectivity index (χ2v) is 6.24. The van der Waals surface area contributed by atoms with Gasteiger partial charge in [0.15, 0.2) is 23.0 Å². The summed E-state index contributed by atoms with van der Waals surface area (Å²) < 4.78 is 26.4. The summed E-state index contributed by atoms with van der Waals surface area (Å²) in [5.41, 5.74) is 1.88. The van der Waals surface area contributed by atoms with Crippen LogP contribution < -0.4 is 18.9 Å². The zero-order chi connectivity index (χ0) is 21.0. The lowest BCUT2D eigenvalue weighted by Gasteiger charge is -2.14. The number of aromatic nitrogens is 1. The fraction of sp³-hybridized carbons (Fsp3) is 0.273. The molecule has 0 amide bonds. The standard InChI is InChI=1S/C22H23NO6/c1-25-18-7-6-13(9-19(18)26-2)8-16-15-12-21(28-4)20(27-3)11-14(15)10-17(23-16)22(24)29-5/h6-7,9-12H,8H2,1-5H3. The molecule has 0 spiro atoms. The van der Waals surface area contributed by atoms with Crippen molar-refractivity contribution < 1.29 is 28.5 Å². The Bertz CT molecular complexity index is 1050. The van der Waals surface area contributed by atoms with Crippen molar-refractivity contribution in [2.45, 2.75) is 6.42 Å². The van der Waals surface area contributed by atoms with Crippen molar-refractivity contribution in [2.75, 3.05) is 35.5 Å². The van der Waals surface area contributed by atoms with Crippen LogP contribution in [-0.2, 0) is 11.2 Å². The van der Waals surface area contributed by atoms with E-state index in [2.05, 4.69) is 4.98 Å². The van der Waals surface area contributed by atoms with Gasteiger partial charge in [0, 0.05) is 11.8 Å². The van der Waals surface area contributed by atoms with Crippen molar-refractivity contribution in [3.05, 3.63) is 53.3 Å². The Hall–Kier alpha value is -3.48. The molecule has 0 bridgehead atoms. The molecule has 29 heavy (non-hydrogen) atoms. The molecular weight excluding hydrogens is 374 g/mol. The molecule has 0 aliphatic heterocycles. The Morgan fingerprint density at radius 2 is 1.41 bits per heavy atom. The summed E-state index contributed by atoms with van der Waals surface area (Å²) in [6, 6.07) is 11.0. The number of pyridine rings is 1. The van der Waals surface area contributed by atoms with Gasteiger partial charge in [-0.2, -0.15) is 0 Å². The van der Waals surface area contributed by atoms with E-state index in [4.69, 9.17) is 23.7 Å². The van der Waals surface area contributed by atoms with Crippen LogP contribution >= 0.6 is 0 Å². The lowest BCUT2D eigenvalue weighted by Crippen LogP contribution is -2.07. The fourth-order valence-corrected chi connectivity index (χ4v) is 3.18. The van der Waals surface area contributed by atoms with Crippen LogP contribution in [0, 0.1) is 0 Å². The molecule has 1 aromatic heterocycles. The van der Waals surface area contributed by atoms with Crippen LogP contribution in [0.3, 0.4) is 0 Å². The third kappa shape index (κ3) is 4.03. The number of carbonyl (C=O) groups excluding carboxylic acids is 1. The number of esters is 1. The third-order valence-corrected chi connectivity index (χ3v) is 4.63. The summed E-state index contributed by atoms with van der Waals surface area (Å²) in [7, 11) is 7.65. The first kappa shape index (κ1) is 20.3. The largest absolute Gasteiger partial charge is 0.493 e. The Labute approximate surface area is 169 Å². The molecule has 1 heterocycles. The van der Waals surface area contributed by atoms with E-state index in [9.17, 15) is 4.79 Å². The van der Waals surface area contributed by atoms with E-state index in [1.54, 1.807) is 34.5 Å². The number of hydrogen-bond donors (Lipinski definition) is 0. The quantitative estimate of drug-likeness (QED) is 0.563. The number of benzene rings is 2. The van der Waals surface area contributed by atoms with E-state index < -0.39 is 5.97 Å². The van der Waals surface area contributed by atoms with E-state index in [0.717, 1.165) is 16.3 Å². The summed E-state index contributed by atoms with van der Waals surface area (Å²) >= 11 is 0. The average molecular weight is 397 g/mol. The van der Waals surface area contributed by atoms with Crippen LogP contribution in [-0.4, -0.2) is 46.5 Å². The average Bonchev–Trinajstić information content (AvgIpc) is 2.77. The van der Waals surface area contributed by atoms with Crippen molar-refractivity contribution in [2.24, 2.45) is 0 Å². The molecule has 0 aliphatic carbocycles. The van der Waals surface area contributed by atoms with Crippen molar-refractivity contribution in [3.8, 4) is 23.0 Å². The molecule has 3 aromatic rings. The SMILES string of the molecule is COC(=O)c1cc2cc(OC)c(OC)cc2c(Cc2ccc(OC)c(OC)c2)n1. The van der Waals surface area contributed by atoms with Gasteiger partial charge >= 0.3 is 5.97 Å². The highest BCUT2D eigenvalue weighted by atomic mass is 16.5. The summed E-state index contributed by atoms with van der Waals surface area (Å²) in [6.07, 6.45) is 0.469. The van der Waals surface area contributed by atoms with Gasteiger partial charge in [0.25, 0.3) is 0 Å². The van der Waals surface area contributed by atoms with E-state index in [1.807, 2.05) is 30.3 Å². The minimum Gasteiger partial charge on any atom is -0.493 e. The second-order valence-electron chi connectivity index (χ2n) is 6.24. The van der Waals surface area contributed by atoms with Crippen LogP contribution in [0.15, 0.2) is 36.4 Å². The molecule has 0 saturated carbocycles. The highest BCUT2D eigenvalue weighted by Crippen LogP contribution is 2.35. The number of fused-ring (bicyclic) bond motifs is 1. The predicted octanol–water partition coefficient (Wildman–Crippen LogP) is 3.65. The fourth-order valence-electron chi connectivity index (χ4n) is 3.18. The van der Waals surface area contributed by atoms with Crippen LogP contribution in [0.4, 0.5) is 0 Å². The summed E-state index contributed by atoms with van der Waals surface area (Å²) in [5, 5.41) is 1.65. The van der Waals surface area contributed by atoms with Crippen LogP contribution in [0.5, 0.6) is 23.0 Å². The van der Waals surface area contributed by atoms with Crippen molar-refractivity contribution in [1.29, 1.82) is 0 Å². The Balaban J connectivity index is 2.17. The number of carbonyl (C=O) groups is 1. The topological polar surface area (TPSA) is 76.1 Å². The van der Waals surface area contributed by atoms with Gasteiger partial charge in [-0.1, -0.05) is 6.07 Å². The minimum absolute atomic E-state index is 0.225. The molecule has 0 N–H and O–H groups in total. The molecule has 7 nitrogen and oxygen atoms in total. The van der Waals surface area contributed by atoms with Crippen LogP contribution in [0.25, 0.3) is 10.8 Å². The van der Waals surface area contributed by atoms with Crippen molar-refractivity contribution >= 4 is 16.7 Å². The molecule has 0 aliphatic rings. The van der Waals surface area contributed by atoms with Gasteiger partial charge < -0.3 is 23.7 Å². The molecule has 0 atom stereocenters. The summed E-state index contributed by atoms with van der Waals surface area (Å²) in [5.74, 6) is 1.91. The first-order valence-electron chi connectivity index (χ1n) is 8.89. The third-order valence-electron chi connectivity index (χ3n) is 4.63. The molecule has 0 radical (unpaired) electrons. The van der Waals surface area contributed by atoms with Gasteiger partial charge in [-0.3, -0.25) is 0 Å². The number of ether oxygens (including phenoxy) is 5. The van der Waals surface area contributed by atoms with E-state index in [1.165, 1.54) is 7.11 Å². The van der Waals surface area contributed by atoms with E-state index in [0.29, 0.717) is 35.1 Å².